The molecule has 3 rings (SSSR count). The van der Waals surface area contributed by atoms with Crippen molar-refractivity contribution in [3.05, 3.63) is 41.6 Å². The van der Waals surface area contributed by atoms with Crippen LogP contribution in [0.15, 0.2) is 30.5 Å². The van der Waals surface area contributed by atoms with Gasteiger partial charge in [-0.3, -0.25) is 4.79 Å². The Balaban J connectivity index is 1.92. The molecule has 120 valence electrons. The SMILES string of the molecule is C[C@]1(CN2/C=C/CCCc3ccc(C#N)cc32)CCCC(=O)C1. The summed E-state index contributed by atoms with van der Waals surface area (Å²) in [6.45, 7) is 3.07. The van der Waals surface area contributed by atoms with Crippen molar-refractivity contribution in [3.8, 4) is 6.07 Å². The molecule has 1 aromatic rings. The molecule has 1 saturated carbocycles. The second-order valence-corrected chi connectivity index (χ2v) is 7.24. The highest BCUT2D eigenvalue weighted by molar-refractivity contribution is 5.80. The van der Waals surface area contributed by atoms with Gasteiger partial charge in [0.25, 0.3) is 0 Å². The Bertz CT molecular complexity index is 671. The lowest BCUT2D eigenvalue weighted by Crippen LogP contribution is -2.37. The van der Waals surface area contributed by atoms with E-state index >= 15 is 0 Å². The highest BCUT2D eigenvalue weighted by Crippen LogP contribution is 2.37. The van der Waals surface area contributed by atoms with Crippen molar-refractivity contribution in [2.24, 2.45) is 5.41 Å². The average molecular weight is 308 g/mol. The molecule has 0 radical (unpaired) electrons. The number of ketones is 1. The number of carbonyl (C=O) groups excluding carboxylic acids is 1. The van der Waals surface area contributed by atoms with Crippen LogP contribution in [0, 0.1) is 16.7 Å². The summed E-state index contributed by atoms with van der Waals surface area (Å²) in [7, 11) is 0. The molecule has 0 amide bonds. The van der Waals surface area contributed by atoms with E-state index in [0.29, 0.717) is 17.8 Å². The van der Waals surface area contributed by atoms with Gasteiger partial charge in [-0.2, -0.15) is 5.26 Å². The van der Waals surface area contributed by atoms with Crippen molar-refractivity contribution in [2.45, 2.75) is 51.9 Å². The number of aryl methyl sites for hydroxylation is 1. The van der Waals surface area contributed by atoms with Gasteiger partial charge in [0.15, 0.2) is 0 Å². The second-order valence-electron chi connectivity index (χ2n) is 7.24. The fourth-order valence-electron chi connectivity index (χ4n) is 3.85. The number of hydrogen-bond donors (Lipinski definition) is 0. The molecule has 1 fully saturated rings. The molecular formula is C20H24N2O. The van der Waals surface area contributed by atoms with Crippen LogP contribution in [-0.2, 0) is 11.2 Å². The van der Waals surface area contributed by atoms with E-state index in [9.17, 15) is 10.1 Å². The lowest BCUT2D eigenvalue weighted by molar-refractivity contribution is -0.123. The van der Waals surface area contributed by atoms with E-state index in [0.717, 1.165) is 50.8 Å². The third-order valence-corrected chi connectivity index (χ3v) is 5.04. The minimum absolute atomic E-state index is 0.0266. The number of benzene rings is 1. The summed E-state index contributed by atoms with van der Waals surface area (Å²) < 4.78 is 0. The molecule has 0 aromatic heterocycles. The van der Waals surface area contributed by atoms with Gasteiger partial charge in [-0.15, -0.1) is 0 Å². The van der Waals surface area contributed by atoms with Crippen LogP contribution in [0.2, 0.25) is 0 Å². The van der Waals surface area contributed by atoms with Gasteiger partial charge in [0, 0.05) is 31.3 Å². The van der Waals surface area contributed by atoms with E-state index in [-0.39, 0.29) is 5.41 Å². The van der Waals surface area contributed by atoms with Crippen LogP contribution in [0.25, 0.3) is 0 Å². The minimum Gasteiger partial charge on any atom is -0.347 e. The zero-order chi connectivity index (χ0) is 16.3. The van der Waals surface area contributed by atoms with Crippen molar-refractivity contribution < 1.29 is 4.79 Å². The molecule has 1 aliphatic heterocycles. The Hall–Kier alpha value is -2.08. The zero-order valence-corrected chi connectivity index (χ0v) is 13.8. The molecule has 23 heavy (non-hydrogen) atoms. The molecule has 2 aliphatic rings. The number of allylic oxidation sites excluding steroid dienone is 1. The summed E-state index contributed by atoms with van der Waals surface area (Å²) in [6.07, 6.45) is 11.1. The minimum atomic E-state index is 0.0266. The number of rotatable bonds is 2. The van der Waals surface area contributed by atoms with Gasteiger partial charge in [0.1, 0.15) is 5.78 Å². The fourth-order valence-corrected chi connectivity index (χ4v) is 3.85. The Morgan fingerprint density at radius 3 is 2.96 bits per heavy atom. The summed E-state index contributed by atoms with van der Waals surface area (Å²) in [4.78, 5) is 14.2. The third kappa shape index (κ3) is 3.64. The van der Waals surface area contributed by atoms with Gasteiger partial charge in [-0.25, -0.2) is 0 Å². The highest BCUT2D eigenvalue weighted by atomic mass is 16.1. The van der Waals surface area contributed by atoms with Crippen molar-refractivity contribution in [2.75, 3.05) is 11.4 Å². The first-order valence-corrected chi connectivity index (χ1v) is 8.58. The molecule has 1 aromatic carbocycles. The summed E-state index contributed by atoms with van der Waals surface area (Å²) in [5.41, 5.74) is 3.17. The van der Waals surface area contributed by atoms with E-state index in [4.69, 9.17) is 0 Å². The molecule has 0 spiro atoms. The second kappa shape index (κ2) is 6.58. The number of carbonyl (C=O) groups is 1. The van der Waals surface area contributed by atoms with Crippen LogP contribution in [0.5, 0.6) is 0 Å². The van der Waals surface area contributed by atoms with Crippen LogP contribution >= 0.6 is 0 Å². The van der Waals surface area contributed by atoms with Crippen molar-refractivity contribution in [1.29, 1.82) is 5.26 Å². The standard InChI is InChI=1S/C20H24N2O/c1-20(10-5-7-18(23)13-20)15-22-11-4-2-3-6-17-9-8-16(14-21)12-19(17)22/h4,8-9,11-12H,2-3,5-7,10,13,15H2,1H3/b11-4+/t20-/m0/s1. The first-order valence-electron chi connectivity index (χ1n) is 8.58. The zero-order valence-electron chi connectivity index (χ0n) is 13.8. The van der Waals surface area contributed by atoms with E-state index in [1.165, 1.54) is 5.56 Å². The maximum Gasteiger partial charge on any atom is 0.133 e. The van der Waals surface area contributed by atoms with E-state index in [1.807, 2.05) is 12.1 Å². The molecule has 3 nitrogen and oxygen atoms in total. The topological polar surface area (TPSA) is 44.1 Å². The Labute approximate surface area is 138 Å². The summed E-state index contributed by atoms with van der Waals surface area (Å²) in [6, 6.07) is 8.25. The van der Waals surface area contributed by atoms with Gasteiger partial charge in [0.05, 0.1) is 11.6 Å². The van der Waals surface area contributed by atoms with Crippen LogP contribution in [0.4, 0.5) is 5.69 Å². The predicted molar refractivity (Wildman–Crippen MR) is 92.2 cm³/mol. The normalized spacial score (nSPS) is 25.9. The van der Waals surface area contributed by atoms with Crippen molar-refractivity contribution in [1.82, 2.24) is 0 Å². The molecule has 1 atom stereocenters. The molecule has 3 heteroatoms. The molecule has 0 bridgehead atoms. The smallest absolute Gasteiger partial charge is 0.133 e. The number of nitriles is 1. The number of anilines is 1. The monoisotopic (exact) mass is 308 g/mol. The molecular weight excluding hydrogens is 284 g/mol. The van der Waals surface area contributed by atoms with E-state index in [2.05, 4.69) is 36.2 Å². The third-order valence-electron chi connectivity index (χ3n) is 5.04. The molecule has 1 aliphatic carbocycles. The lowest BCUT2D eigenvalue weighted by Gasteiger charge is -2.38. The molecule has 0 N–H and O–H groups in total. The largest absolute Gasteiger partial charge is 0.347 e. The first-order chi connectivity index (χ1) is 11.1. The quantitative estimate of drug-likeness (QED) is 0.815. The molecule has 0 unspecified atom stereocenters. The maximum absolute atomic E-state index is 11.9. The van der Waals surface area contributed by atoms with Crippen molar-refractivity contribution >= 4 is 11.5 Å². The lowest BCUT2D eigenvalue weighted by atomic mass is 9.74. The van der Waals surface area contributed by atoms with E-state index in [1.54, 1.807) is 0 Å². The number of fused-ring (bicyclic) bond motifs is 1. The summed E-state index contributed by atoms with van der Waals surface area (Å²) in [5.74, 6) is 0.390. The van der Waals surface area contributed by atoms with Gasteiger partial charge < -0.3 is 4.90 Å². The predicted octanol–water partition coefficient (Wildman–Crippen LogP) is 4.36. The van der Waals surface area contributed by atoms with Crippen LogP contribution in [-0.4, -0.2) is 12.3 Å². The van der Waals surface area contributed by atoms with Crippen molar-refractivity contribution in [3.63, 3.8) is 0 Å². The maximum atomic E-state index is 11.9. The fraction of sp³-hybridized carbons (Fsp3) is 0.500. The highest BCUT2D eigenvalue weighted by Gasteiger charge is 2.33. The number of nitrogens with zero attached hydrogens (tertiary/aromatic N) is 2. The molecule has 1 heterocycles. The van der Waals surface area contributed by atoms with Crippen LogP contribution < -0.4 is 4.90 Å². The average Bonchev–Trinajstić information content (AvgIpc) is 2.51. The number of Topliss-reactive ketones (excluding diaryl/α,β-unsaturated/α-hetero) is 1. The first kappa shape index (κ1) is 15.8. The van der Waals surface area contributed by atoms with Gasteiger partial charge in [-0.1, -0.05) is 19.1 Å². The van der Waals surface area contributed by atoms with Crippen LogP contribution in [0.3, 0.4) is 0 Å². The van der Waals surface area contributed by atoms with Gasteiger partial charge >= 0.3 is 0 Å². The number of hydrogen-bond acceptors (Lipinski definition) is 3. The van der Waals surface area contributed by atoms with E-state index < -0.39 is 0 Å². The Morgan fingerprint density at radius 1 is 1.30 bits per heavy atom. The Morgan fingerprint density at radius 2 is 2.17 bits per heavy atom. The van der Waals surface area contributed by atoms with Gasteiger partial charge in [-0.05, 0) is 55.2 Å². The Kier molecular flexibility index (Phi) is 4.52. The summed E-state index contributed by atoms with van der Waals surface area (Å²) >= 11 is 0. The molecule has 0 saturated heterocycles. The van der Waals surface area contributed by atoms with Gasteiger partial charge in [0.2, 0.25) is 0 Å². The summed E-state index contributed by atoms with van der Waals surface area (Å²) in [5, 5.41) is 9.23. The van der Waals surface area contributed by atoms with Crippen LogP contribution in [0.1, 0.15) is 56.6 Å².